The standard InChI is InChI=1S/C23H31F2N3O2/c1-18-4-2-11-28(18)12-3-15-29-21-7-5-19(6-8-21)22-26-20(17-30-22)16-27-13-9-23(24,25)10-14-27/h5-8,17-18H,2-4,9-16H2,1H3. The second kappa shape index (κ2) is 9.43. The zero-order valence-corrected chi connectivity index (χ0v) is 17.7. The lowest BCUT2D eigenvalue weighted by molar-refractivity contribution is -0.0568. The molecule has 3 heterocycles. The van der Waals surface area contributed by atoms with Gasteiger partial charge in [-0.05, 0) is 57.0 Å². The number of benzene rings is 1. The summed E-state index contributed by atoms with van der Waals surface area (Å²) in [6.45, 7) is 6.61. The van der Waals surface area contributed by atoms with Gasteiger partial charge in [-0.2, -0.15) is 0 Å². The number of halogens is 2. The molecule has 0 amide bonds. The summed E-state index contributed by atoms with van der Waals surface area (Å²) in [6, 6.07) is 8.45. The van der Waals surface area contributed by atoms with E-state index in [9.17, 15) is 8.78 Å². The van der Waals surface area contributed by atoms with E-state index in [0.717, 1.165) is 30.0 Å². The second-order valence-electron chi connectivity index (χ2n) is 8.53. The van der Waals surface area contributed by atoms with Gasteiger partial charge in [0, 0.05) is 50.6 Å². The maximum absolute atomic E-state index is 13.3. The predicted molar refractivity (Wildman–Crippen MR) is 112 cm³/mol. The molecule has 1 atom stereocenters. The molecule has 164 valence electrons. The Hall–Kier alpha value is -1.99. The highest BCUT2D eigenvalue weighted by Crippen LogP contribution is 2.29. The zero-order valence-electron chi connectivity index (χ0n) is 17.7. The number of rotatable bonds is 8. The fraction of sp³-hybridized carbons (Fsp3) is 0.609. The maximum Gasteiger partial charge on any atom is 0.250 e. The van der Waals surface area contributed by atoms with Crippen molar-refractivity contribution < 1.29 is 17.9 Å². The number of likely N-dealkylation sites (tertiary alicyclic amines) is 2. The van der Waals surface area contributed by atoms with Gasteiger partial charge in [-0.15, -0.1) is 0 Å². The highest BCUT2D eigenvalue weighted by atomic mass is 19.3. The third kappa shape index (κ3) is 5.58. The van der Waals surface area contributed by atoms with E-state index in [-0.39, 0.29) is 12.8 Å². The van der Waals surface area contributed by atoms with Gasteiger partial charge in [0.1, 0.15) is 12.0 Å². The van der Waals surface area contributed by atoms with Gasteiger partial charge in [-0.3, -0.25) is 4.90 Å². The van der Waals surface area contributed by atoms with Crippen LogP contribution in [0.5, 0.6) is 5.75 Å². The highest BCUT2D eigenvalue weighted by molar-refractivity contribution is 5.54. The SMILES string of the molecule is CC1CCCN1CCCOc1ccc(-c2nc(CN3CCC(F)(F)CC3)co2)cc1. The van der Waals surface area contributed by atoms with Gasteiger partial charge in [0.15, 0.2) is 0 Å². The van der Waals surface area contributed by atoms with E-state index in [2.05, 4.69) is 16.8 Å². The molecule has 2 aliphatic heterocycles. The number of nitrogens with zero attached hydrogens (tertiary/aromatic N) is 3. The molecule has 1 unspecified atom stereocenters. The van der Waals surface area contributed by atoms with E-state index in [1.165, 1.54) is 19.4 Å². The lowest BCUT2D eigenvalue weighted by Gasteiger charge is -2.30. The van der Waals surface area contributed by atoms with E-state index < -0.39 is 5.92 Å². The van der Waals surface area contributed by atoms with Crippen LogP contribution in [0.25, 0.3) is 11.5 Å². The molecule has 2 aliphatic rings. The Morgan fingerprint density at radius 1 is 1.17 bits per heavy atom. The van der Waals surface area contributed by atoms with E-state index in [0.29, 0.717) is 38.2 Å². The summed E-state index contributed by atoms with van der Waals surface area (Å²) in [5.74, 6) is -1.14. The Kier molecular flexibility index (Phi) is 6.68. The summed E-state index contributed by atoms with van der Waals surface area (Å²) >= 11 is 0. The highest BCUT2D eigenvalue weighted by Gasteiger charge is 2.34. The zero-order chi connectivity index (χ0) is 21.0. The molecule has 2 saturated heterocycles. The average molecular weight is 420 g/mol. The van der Waals surface area contributed by atoms with Crippen LogP contribution in [0.2, 0.25) is 0 Å². The summed E-state index contributed by atoms with van der Waals surface area (Å²) in [5, 5.41) is 0. The van der Waals surface area contributed by atoms with Crippen molar-refractivity contribution >= 4 is 0 Å². The number of piperidine rings is 1. The quantitative estimate of drug-likeness (QED) is 0.574. The molecule has 4 rings (SSSR count). The molecule has 2 fully saturated rings. The Morgan fingerprint density at radius 3 is 2.63 bits per heavy atom. The molecule has 0 spiro atoms. The molecule has 2 aromatic rings. The summed E-state index contributed by atoms with van der Waals surface area (Å²) in [7, 11) is 0. The van der Waals surface area contributed by atoms with Gasteiger partial charge in [-0.25, -0.2) is 13.8 Å². The molecular formula is C23H31F2N3O2. The van der Waals surface area contributed by atoms with E-state index in [1.54, 1.807) is 6.26 Å². The molecule has 0 aliphatic carbocycles. The van der Waals surface area contributed by atoms with Crippen LogP contribution >= 0.6 is 0 Å². The molecular weight excluding hydrogens is 388 g/mol. The van der Waals surface area contributed by atoms with Gasteiger partial charge in [0.25, 0.3) is 5.92 Å². The van der Waals surface area contributed by atoms with Crippen LogP contribution in [-0.2, 0) is 6.54 Å². The molecule has 5 nitrogen and oxygen atoms in total. The van der Waals surface area contributed by atoms with Crippen molar-refractivity contribution in [2.45, 2.75) is 57.5 Å². The van der Waals surface area contributed by atoms with Gasteiger partial charge in [-0.1, -0.05) is 0 Å². The number of aromatic nitrogens is 1. The Labute approximate surface area is 177 Å². The van der Waals surface area contributed by atoms with Crippen molar-refractivity contribution in [2.75, 3.05) is 32.8 Å². The molecule has 0 saturated carbocycles. The number of alkyl halides is 2. The summed E-state index contributed by atoms with van der Waals surface area (Å²) in [4.78, 5) is 9.05. The molecule has 0 radical (unpaired) electrons. The predicted octanol–water partition coefficient (Wildman–Crippen LogP) is 4.83. The first-order valence-electron chi connectivity index (χ1n) is 11.0. The summed E-state index contributed by atoms with van der Waals surface area (Å²) in [6.07, 6.45) is 5.08. The van der Waals surface area contributed by atoms with Crippen LogP contribution in [0.3, 0.4) is 0 Å². The largest absolute Gasteiger partial charge is 0.494 e. The van der Waals surface area contributed by atoms with Crippen LogP contribution in [0.1, 0.15) is 44.7 Å². The van der Waals surface area contributed by atoms with Crippen LogP contribution in [0.4, 0.5) is 8.78 Å². The maximum atomic E-state index is 13.3. The number of hydrogen-bond acceptors (Lipinski definition) is 5. The van der Waals surface area contributed by atoms with Crippen LogP contribution in [0, 0.1) is 0 Å². The lowest BCUT2D eigenvalue weighted by Crippen LogP contribution is -2.38. The summed E-state index contributed by atoms with van der Waals surface area (Å²) < 4.78 is 38.0. The normalized spacial score (nSPS) is 22.4. The van der Waals surface area contributed by atoms with Crippen molar-refractivity contribution in [3.05, 3.63) is 36.2 Å². The smallest absolute Gasteiger partial charge is 0.250 e. The topological polar surface area (TPSA) is 41.7 Å². The second-order valence-corrected chi connectivity index (χ2v) is 8.53. The Bertz CT molecular complexity index is 799. The minimum Gasteiger partial charge on any atom is -0.494 e. The van der Waals surface area contributed by atoms with Gasteiger partial charge in [0.05, 0.1) is 12.3 Å². The Morgan fingerprint density at radius 2 is 1.93 bits per heavy atom. The first kappa shape index (κ1) is 21.2. The average Bonchev–Trinajstić information content (AvgIpc) is 3.36. The number of oxazole rings is 1. The van der Waals surface area contributed by atoms with E-state index in [1.807, 2.05) is 29.2 Å². The number of ether oxygens (including phenoxy) is 1. The third-order valence-corrected chi connectivity index (χ3v) is 6.18. The van der Waals surface area contributed by atoms with E-state index in [4.69, 9.17) is 9.15 Å². The van der Waals surface area contributed by atoms with Crippen molar-refractivity contribution in [3.8, 4) is 17.2 Å². The van der Waals surface area contributed by atoms with Crippen molar-refractivity contribution in [3.63, 3.8) is 0 Å². The van der Waals surface area contributed by atoms with Crippen LogP contribution in [0.15, 0.2) is 34.9 Å². The third-order valence-electron chi connectivity index (χ3n) is 6.18. The molecule has 1 aromatic carbocycles. The molecule has 30 heavy (non-hydrogen) atoms. The summed E-state index contributed by atoms with van der Waals surface area (Å²) in [5.41, 5.74) is 1.65. The monoisotopic (exact) mass is 419 g/mol. The van der Waals surface area contributed by atoms with Gasteiger partial charge >= 0.3 is 0 Å². The molecule has 1 aromatic heterocycles. The van der Waals surface area contributed by atoms with Crippen LogP contribution < -0.4 is 4.74 Å². The Balaban J connectivity index is 1.23. The number of hydrogen-bond donors (Lipinski definition) is 0. The van der Waals surface area contributed by atoms with Crippen molar-refractivity contribution in [1.82, 2.24) is 14.8 Å². The first-order chi connectivity index (χ1) is 14.5. The van der Waals surface area contributed by atoms with Gasteiger partial charge < -0.3 is 14.1 Å². The van der Waals surface area contributed by atoms with Crippen molar-refractivity contribution in [2.24, 2.45) is 0 Å². The minimum absolute atomic E-state index is 0.0871. The fourth-order valence-electron chi connectivity index (χ4n) is 4.26. The lowest BCUT2D eigenvalue weighted by atomic mass is 10.1. The van der Waals surface area contributed by atoms with Crippen molar-refractivity contribution in [1.29, 1.82) is 0 Å². The van der Waals surface area contributed by atoms with Gasteiger partial charge in [0.2, 0.25) is 5.89 Å². The molecule has 0 N–H and O–H groups in total. The fourth-order valence-corrected chi connectivity index (χ4v) is 4.26. The molecule has 7 heteroatoms. The molecule has 0 bridgehead atoms. The minimum atomic E-state index is -2.53. The van der Waals surface area contributed by atoms with Crippen LogP contribution in [-0.4, -0.2) is 59.5 Å². The van der Waals surface area contributed by atoms with E-state index >= 15 is 0 Å². The first-order valence-corrected chi connectivity index (χ1v) is 11.0.